The van der Waals surface area contributed by atoms with E-state index < -0.39 is 0 Å². The van der Waals surface area contributed by atoms with Crippen molar-refractivity contribution in [3.63, 3.8) is 0 Å². The van der Waals surface area contributed by atoms with E-state index in [0.29, 0.717) is 63.5 Å². The van der Waals surface area contributed by atoms with Crippen LogP contribution >= 0.6 is 22.9 Å². The van der Waals surface area contributed by atoms with Crippen LogP contribution in [0, 0.1) is 6.92 Å². The first-order valence-electron chi connectivity index (χ1n) is 12.9. The molecule has 10 heteroatoms. The summed E-state index contributed by atoms with van der Waals surface area (Å²) in [4.78, 5) is 48.8. The van der Waals surface area contributed by atoms with Crippen molar-refractivity contribution in [1.29, 1.82) is 0 Å². The molecule has 3 heterocycles. The Morgan fingerprint density at radius 1 is 1.08 bits per heavy atom. The Balaban J connectivity index is 1.28. The van der Waals surface area contributed by atoms with Crippen LogP contribution in [0.15, 0.2) is 59.7 Å². The van der Waals surface area contributed by atoms with Gasteiger partial charge in [-0.3, -0.25) is 19.0 Å². The predicted octanol–water partition coefficient (Wildman–Crippen LogP) is 5.14. The lowest BCUT2D eigenvalue weighted by atomic mass is 10.0. The summed E-state index contributed by atoms with van der Waals surface area (Å²) in [5, 5.41) is 3.91. The van der Waals surface area contributed by atoms with Gasteiger partial charge in [0.1, 0.15) is 11.4 Å². The SMILES string of the molecule is Cc1c(C(=O)N2CCN(c3cccc(Cl)c3)CC2)sc2ncn(CC(=O)Nc3ccc(C(C)C)cc3)c(=O)c12. The third kappa shape index (κ3) is 5.69. The van der Waals surface area contributed by atoms with E-state index in [9.17, 15) is 14.4 Å². The van der Waals surface area contributed by atoms with Gasteiger partial charge in [0.2, 0.25) is 5.91 Å². The second-order valence-corrected chi connectivity index (χ2v) is 11.4. The first kappa shape index (κ1) is 26.9. The van der Waals surface area contributed by atoms with Crippen molar-refractivity contribution in [3.05, 3.63) is 86.2 Å². The second-order valence-electron chi connectivity index (χ2n) is 10.00. The molecule has 5 rings (SSSR count). The number of nitrogens with one attached hydrogen (secondary N) is 1. The van der Waals surface area contributed by atoms with Gasteiger partial charge in [0, 0.05) is 42.6 Å². The van der Waals surface area contributed by atoms with Crippen molar-refractivity contribution >= 4 is 56.3 Å². The lowest BCUT2D eigenvalue weighted by molar-refractivity contribution is -0.116. The number of thiophene rings is 1. The van der Waals surface area contributed by atoms with Crippen LogP contribution in [0.1, 0.15) is 40.6 Å². The molecule has 1 saturated heterocycles. The van der Waals surface area contributed by atoms with Crippen molar-refractivity contribution in [3.8, 4) is 0 Å². The Bertz CT molecular complexity index is 1590. The van der Waals surface area contributed by atoms with E-state index >= 15 is 0 Å². The lowest BCUT2D eigenvalue weighted by Gasteiger charge is -2.36. The summed E-state index contributed by atoms with van der Waals surface area (Å²) in [7, 11) is 0. The summed E-state index contributed by atoms with van der Waals surface area (Å²) >= 11 is 7.36. The number of fused-ring (bicyclic) bond motifs is 1. The van der Waals surface area contributed by atoms with Gasteiger partial charge in [-0.15, -0.1) is 11.3 Å². The van der Waals surface area contributed by atoms with Crippen LogP contribution in [0.25, 0.3) is 10.2 Å². The molecule has 8 nitrogen and oxygen atoms in total. The number of nitrogens with zero attached hydrogens (tertiary/aromatic N) is 4. The molecule has 4 aromatic rings. The molecule has 1 aliphatic rings. The zero-order chi connectivity index (χ0) is 27.7. The Hall–Kier alpha value is -3.69. The van der Waals surface area contributed by atoms with Crippen LogP contribution in [-0.2, 0) is 11.3 Å². The number of benzene rings is 2. The third-order valence-electron chi connectivity index (χ3n) is 7.03. The van der Waals surface area contributed by atoms with Gasteiger partial charge in [-0.05, 0) is 54.3 Å². The average molecular weight is 564 g/mol. The molecule has 2 amide bonds. The highest BCUT2D eigenvalue weighted by atomic mass is 35.5. The van der Waals surface area contributed by atoms with Crippen molar-refractivity contribution in [2.75, 3.05) is 36.4 Å². The molecule has 0 radical (unpaired) electrons. The predicted molar refractivity (Wildman–Crippen MR) is 157 cm³/mol. The Labute approximate surface area is 235 Å². The highest BCUT2D eigenvalue weighted by Gasteiger charge is 2.27. The van der Waals surface area contributed by atoms with Crippen LogP contribution in [-0.4, -0.2) is 52.4 Å². The maximum absolute atomic E-state index is 13.4. The minimum absolute atomic E-state index is 0.102. The molecular weight excluding hydrogens is 534 g/mol. The molecule has 2 aromatic heterocycles. The molecule has 1 aliphatic heterocycles. The van der Waals surface area contributed by atoms with Crippen LogP contribution in [0.4, 0.5) is 11.4 Å². The monoisotopic (exact) mass is 563 g/mol. The van der Waals surface area contributed by atoms with E-state index in [4.69, 9.17) is 11.6 Å². The Kier molecular flexibility index (Phi) is 7.72. The Morgan fingerprint density at radius 2 is 1.79 bits per heavy atom. The molecule has 202 valence electrons. The largest absolute Gasteiger partial charge is 0.368 e. The fraction of sp³-hybridized carbons (Fsp3) is 0.310. The zero-order valence-corrected chi connectivity index (χ0v) is 23.7. The molecule has 0 bridgehead atoms. The standard InChI is InChI=1S/C29H30ClN5O3S/c1-18(2)20-7-9-22(10-8-20)32-24(36)16-35-17-31-27-25(28(35)37)19(3)26(39-27)29(38)34-13-11-33(12-14-34)23-6-4-5-21(30)15-23/h4-10,15,17-18H,11-14,16H2,1-3H3,(H,32,36). The molecular formula is C29H30ClN5O3S. The van der Waals surface area contributed by atoms with E-state index in [1.807, 2.05) is 53.4 Å². The summed E-state index contributed by atoms with van der Waals surface area (Å²) < 4.78 is 1.29. The second kappa shape index (κ2) is 11.2. The van der Waals surface area contributed by atoms with Crippen LogP contribution in [0.3, 0.4) is 0 Å². The van der Waals surface area contributed by atoms with E-state index in [0.717, 1.165) is 5.69 Å². The van der Waals surface area contributed by atoms with Gasteiger partial charge in [-0.1, -0.05) is 43.6 Å². The van der Waals surface area contributed by atoms with Crippen molar-refractivity contribution < 1.29 is 9.59 Å². The molecule has 0 spiro atoms. The van der Waals surface area contributed by atoms with Gasteiger partial charge >= 0.3 is 0 Å². The van der Waals surface area contributed by atoms with E-state index in [1.54, 1.807) is 6.92 Å². The molecule has 39 heavy (non-hydrogen) atoms. The summed E-state index contributed by atoms with van der Waals surface area (Å²) in [5.74, 6) is -0.0256. The third-order valence-corrected chi connectivity index (χ3v) is 8.45. The summed E-state index contributed by atoms with van der Waals surface area (Å²) in [6, 6.07) is 15.4. The van der Waals surface area contributed by atoms with Crippen LogP contribution < -0.4 is 15.8 Å². The number of piperazine rings is 1. The number of halogens is 1. The quantitative estimate of drug-likeness (QED) is 0.351. The van der Waals surface area contributed by atoms with E-state index in [1.165, 1.54) is 27.8 Å². The van der Waals surface area contributed by atoms with Gasteiger partial charge in [0.25, 0.3) is 11.5 Å². The molecule has 2 aromatic carbocycles. The van der Waals surface area contributed by atoms with E-state index in [2.05, 4.69) is 29.0 Å². The molecule has 0 aliphatic carbocycles. The minimum Gasteiger partial charge on any atom is -0.368 e. The molecule has 0 atom stereocenters. The van der Waals surface area contributed by atoms with Gasteiger partial charge in [0.05, 0.1) is 16.6 Å². The number of carbonyl (C=O) groups excluding carboxylic acids is 2. The maximum Gasteiger partial charge on any atom is 0.264 e. The highest BCUT2D eigenvalue weighted by Crippen LogP contribution is 2.29. The van der Waals surface area contributed by atoms with Crippen molar-refractivity contribution in [1.82, 2.24) is 14.5 Å². The number of amides is 2. The fourth-order valence-electron chi connectivity index (χ4n) is 4.77. The van der Waals surface area contributed by atoms with Gasteiger partial charge in [0.15, 0.2) is 0 Å². The van der Waals surface area contributed by atoms with Crippen molar-refractivity contribution in [2.24, 2.45) is 0 Å². The Morgan fingerprint density at radius 3 is 2.46 bits per heavy atom. The highest BCUT2D eigenvalue weighted by molar-refractivity contribution is 7.20. The number of rotatable bonds is 6. The molecule has 1 fully saturated rings. The first-order chi connectivity index (χ1) is 18.7. The smallest absolute Gasteiger partial charge is 0.264 e. The zero-order valence-electron chi connectivity index (χ0n) is 22.1. The molecule has 1 N–H and O–H groups in total. The average Bonchev–Trinajstić information content (AvgIpc) is 3.27. The van der Waals surface area contributed by atoms with E-state index in [-0.39, 0.29) is 23.9 Å². The maximum atomic E-state index is 13.4. The number of carbonyl (C=O) groups is 2. The minimum atomic E-state index is -0.330. The molecule has 0 unspecified atom stereocenters. The van der Waals surface area contributed by atoms with Gasteiger partial charge < -0.3 is 15.1 Å². The van der Waals surface area contributed by atoms with Gasteiger partial charge in [-0.25, -0.2) is 4.98 Å². The number of aryl methyl sites for hydroxylation is 1. The number of hydrogen-bond donors (Lipinski definition) is 1. The van der Waals surface area contributed by atoms with Gasteiger partial charge in [-0.2, -0.15) is 0 Å². The fourth-order valence-corrected chi connectivity index (χ4v) is 6.06. The first-order valence-corrected chi connectivity index (χ1v) is 14.1. The summed E-state index contributed by atoms with van der Waals surface area (Å²) in [5.41, 5.74) is 3.16. The topological polar surface area (TPSA) is 87.5 Å². The molecule has 0 saturated carbocycles. The summed E-state index contributed by atoms with van der Waals surface area (Å²) in [6.07, 6.45) is 1.38. The van der Waals surface area contributed by atoms with Crippen molar-refractivity contribution in [2.45, 2.75) is 33.2 Å². The normalized spacial score (nSPS) is 13.8. The number of anilines is 2. The lowest BCUT2D eigenvalue weighted by Crippen LogP contribution is -2.48. The number of aromatic nitrogens is 2. The van der Waals surface area contributed by atoms with Crippen LogP contribution in [0.2, 0.25) is 5.02 Å². The summed E-state index contributed by atoms with van der Waals surface area (Å²) in [6.45, 7) is 8.33. The van der Waals surface area contributed by atoms with Crippen LogP contribution in [0.5, 0.6) is 0 Å². The number of hydrogen-bond acceptors (Lipinski definition) is 6.